The molecule has 0 bridgehead atoms. The largest absolute Gasteiger partial charge is 0.468 e. The maximum Gasteiger partial charge on any atom is 0.117 e. The predicted octanol–water partition coefficient (Wildman–Crippen LogP) is 1.25. The number of rotatable bonds is 5. The van der Waals surface area contributed by atoms with E-state index in [9.17, 15) is 0 Å². The first-order valence-electron chi connectivity index (χ1n) is 5.85. The van der Waals surface area contributed by atoms with Gasteiger partial charge in [-0.2, -0.15) is 0 Å². The maximum atomic E-state index is 8.72. The molecule has 1 fully saturated rings. The Balaban J connectivity index is 1.77. The fraction of sp³-hybridized carbons (Fsp3) is 0.667. The van der Waals surface area contributed by atoms with Crippen LogP contribution in [0.15, 0.2) is 22.8 Å². The van der Waals surface area contributed by atoms with E-state index in [1.165, 1.54) is 0 Å². The van der Waals surface area contributed by atoms with Gasteiger partial charge in [0.05, 0.1) is 32.1 Å². The Morgan fingerprint density at radius 1 is 1.56 bits per heavy atom. The van der Waals surface area contributed by atoms with Gasteiger partial charge in [0.15, 0.2) is 0 Å². The second-order valence-electron chi connectivity index (χ2n) is 4.17. The summed E-state index contributed by atoms with van der Waals surface area (Å²) in [6, 6.07) is 3.91. The fourth-order valence-corrected chi connectivity index (χ4v) is 2.14. The smallest absolute Gasteiger partial charge is 0.117 e. The van der Waals surface area contributed by atoms with Crippen LogP contribution in [0.25, 0.3) is 0 Å². The van der Waals surface area contributed by atoms with Crippen LogP contribution < -0.4 is 0 Å². The predicted molar refractivity (Wildman–Crippen MR) is 60.0 cm³/mol. The van der Waals surface area contributed by atoms with Crippen LogP contribution in [-0.2, 0) is 11.3 Å². The van der Waals surface area contributed by atoms with Crippen molar-refractivity contribution in [2.75, 3.05) is 26.3 Å². The first kappa shape index (κ1) is 11.6. The second kappa shape index (κ2) is 6.03. The molecule has 0 radical (unpaired) electrons. The van der Waals surface area contributed by atoms with Crippen LogP contribution in [0.3, 0.4) is 0 Å². The molecule has 1 N–H and O–H groups in total. The highest BCUT2D eigenvalue weighted by molar-refractivity contribution is 4.98. The standard InChI is InChI=1S/C12H19NO3/c14-6-8-16-11-3-1-5-13(9-11)10-12-4-2-7-15-12/h2,4,7,11,14H,1,3,5-6,8-10H2. The molecule has 0 saturated carbocycles. The summed E-state index contributed by atoms with van der Waals surface area (Å²) in [6.45, 7) is 3.43. The third-order valence-electron chi connectivity index (χ3n) is 2.87. The van der Waals surface area contributed by atoms with Crippen molar-refractivity contribution in [3.8, 4) is 0 Å². The maximum absolute atomic E-state index is 8.72. The van der Waals surface area contributed by atoms with E-state index in [1.54, 1.807) is 6.26 Å². The lowest BCUT2D eigenvalue weighted by atomic mass is 10.1. The van der Waals surface area contributed by atoms with Gasteiger partial charge >= 0.3 is 0 Å². The topological polar surface area (TPSA) is 45.8 Å². The van der Waals surface area contributed by atoms with E-state index in [2.05, 4.69) is 4.90 Å². The van der Waals surface area contributed by atoms with E-state index in [4.69, 9.17) is 14.3 Å². The van der Waals surface area contributed by atoms with Gasteiger partial charge in [-0.25, -0.2) is 0 Å². The highest BCUT2D eigenvalue weighted by atomic mass is 16.5. The van der Waals surface area contributed by atoms with Gasteiger partial charge in [0.25, 0.3) is 0 Å². The van der Waals surface area contributed by atoms with E-state index in [0.717, 1.165) is 38.2 Å². The molecule has 1 aliphatic rings. The summed E-state index contributed by atoms with van der Waals surface area (Å²) in [4.78, 5) is 2.34. The zero-order chi connectivity index (χ0) is 11.2. The highest BCUT2D eigenvalue weighted by Gasteiger charge is 2.20. The number of furan rings is 1. The van der Waals surface area contributed by atoms with E-state index < -0.39 is 0 Å². The van der Waals surface area contributed by atoms with Crippen molar-refractivity contribution in [1.82, 2.24) is 4.90 Å². The minimum Gasteiger partial charge on any atom is -0.468 e. The van der Waals surface area contributed by atoms with Crippen molar-refractivity contribution in [2.45, 2.75) is 25.5 Å². The number of nitrogens with zero attached hydrogens (tertiary/aromatic N) is 1. The Bertz CT molecular complexity index is 286. The summed E-state index contributed by atoms with van der Waals surface area (Å²) >= 11 is 0. The first-order valence-corrected chi connectivity index (χ1v) is 5.85. The Labute approximate surface area is 95.8 Å². The Kier molecular flexibility index (Phi) is 4.39. The fourth-order valence-electron chi connectivity index (χ4n) is 2.14. The molecule has 0 amide bonds. The van der Waals surface area contributed by atoms with Gasteiger partial charge in [-0.15, -0.1) is 0 Å². The molecule has 0 aromatic carbocycles. The van der Waals surface area contributed by atoms with Gasteiger partial charge in [0, 0.05) is 6.54 Å². The van der Waals surface area contributed by atoms with Gasteiger partial charge in [-0.3, -0.25) is 4.90 Å². The number of aliphatic hydroxyl groups excluding tert-OH is 1. The molecule has 1 saturated heterocycles. The van der Waals surface area contributed by atoms with Crippen molar-refractivity contribution in [2.24, 2.45) is 0 Å². The van der Waals surface area contributed by atoms with Crippen LogP contribution >= 0.6 is 0 Å². The van der Waals surface area contributed by atoms with Crippen LogP contribution in [-0.4, -0.2) is 42.4 Å². The molecule has 0 spiro atoms. The van der Waals surface area contributed by atoms with Crippen molar-refractivity contribution in [3.05, 3.63) is 24.2 Å². The SMILES string of the molecule is OCCOC1CCCN(Cc2ccco2)C1. The molecule has 4 heteroatoms. The number of ether oxygens (including phenoxy) is 1. The molecular formula is C12H19NO3. The molecule has 90 valence electrons. The molecule has 16 heavy (non-hydrogen) atoms. The van der Waals surface area contributed by atoms with Crippen molar-refractivity contribution >= 4 is 0 Å². The molecule has 1 aromatic heterocycles. The molecule has 1 aliphatic heterocycles. The Morgan fingerprint density at radius 3 is 3.25 bits per heavy atom. The zero-order valence-corrected chi connectivity index (χ0v) is 9.47. The number of likely N-dealkylation sites (tertiary alicyclic amines) is 1. The van der Waals surface area contributed by atoms with Crippen molar-refractivity contribution in [1.29, 1.82) is 0 Å². The van der Waals surface area contributed by atoms with Crippen LogP contribution in [0.2, 0.25) is 0 Å². The molecule has 1 unspecified atom stereocenters. The van der Waals surface area contributed by atoms with Crippen molar-refractivity contribution in [3.63, 3.8) is 0 Å². The van der Waals surface area contributed by atoms with Gasteiger partial charge in [-0.05, 0) is 31.5 Å². The third kappa shape index (κ3) is 3.33. The number of piperidine rings is 1. The van der Waals surface area contributed by atoms with Crippen LogP contribution in [0.4, 0.5) is 0 Å². The average Bonchev–Trinajstić information content (AvgIpc) is 2.80. The second-order valence-corrected chi connectivity index (χ2v) is 4.17. The summed E-state index contributed by atoms with van der Waals surface area (Å²) < 4.78 is 10.9. The summed E-state index contributed by atoms with van der Waals surface area (Å²) in [7, 11) is 0. The van der Waals surface area contributed by atoms with Crippen LogP contribution in [0.1, 0.15) is 18.6 Å². The van der Waals surface area contributed by atoms with E-state index in [-0.39, 0.29) is 12.7 Å². The average molecular weight is 225 g/mol. The number of aliphatic hydroxyl groups is 1. The summed E-state index contributed by atoms with van der Waals surface area (Å²) in [5.74, 6) is 1.00. The lowest BCUT2D eigenvalue weighted by Gasteiger charge is -2.31. The molecule has 4 nitrogen and oxygen atoms in total. The van der Waals surface area contributed by atoms with E-state index in [0.29, 0.717) is 6.61 Å². The number of hydrogen-bond acceptors (Lipinski definition) is 4. The van der Waals surface area contributed by atoms with Crippen molar-refractivity contribution < 1.29 is 14.3 Å². The molecule has 2 heterocycles. The summed E-state index contributed by atoms with van der Waals surface area (Å²) in [6.07, 6.45) is 4.21. The minimum atomic E-state index is 0.106. The van der Waals surface area contributed by atoms with Gasteiger partial charge < -0.3 is 14.3 Å². The summed E-state index contributed by atoms with van der Waals surface area (Å²) in [5, 5.41) is 8.72. The van der Waals surface area contributed by atoms with Gasteiger partial charge in [-0.1, -0.05) is 0 Å². The molecular weight excluding hydrogens is 206 g/mol. The van der Waals surface area contributed by atoms with E-state index in [1.807, 2.05) is 12.1 Å². The Morgan fingerprint density at radius 2 is 2.50 bits per heavy atom. The third-order valence-corrected chi connectivity index (χ3v) is 2.87. The lowest BCUT2D eigenvalue weighted by Crippen LogP contribution is -2.39. The monoisotopic (exact) mass is 225 g/mol. The van der Waals surface area contributed by atoms with Crippen LogP contribution in [0.5, 0.6) is 0 Å². The van der Waals surface area contributed by atoms with Gasteiger partial charge in [0.2, 0.25) is 0 Å². The Hall–Kier alpha value is -0.840. The first-order chi connectivity index (χ1) is 7.88. The number of hydrogen-bond donors (Lipinski definition) is 1. The molecule has 1 atom stereocenters. The zero-order valence-electron chi connectivity index (χ0n) is 9.47. The lowest BCUT2D eigenvalue weighted by molar-refractivity contribution is -0.0175. The normalized spacial score (nSPS) is 22.4. The minimum absolute atomic E-state index is 0.106. The summed E-state index contributed by atoms with van der Waals surface area (Å²) in [5.41, 5.74) is 0. The van der Waals surface area contributed by atoms with Crippen LogP contribution in [0, 0.1) is 0 Å². The molecule has 2 rings (SSSR count). The van der Waals surface area contributed by atoms with Gasteiger partial charge in [0.1, 0.15) is 5.76 Å². The van der Waals surface area contributed by atoms with E-state index >= 15 is 0 Å². The molecule has 1 aromatic rings. The quantitative estimate of drug-likeness (QED) is 0.819. The molecule has 0 aliphatic carbocycles. The highest BCUT2D eigenvalue weighted by Crippen LogP contribution is 2.16.